The summed E-state index contributed by atoms with van der Waals surface area (Å²) in [6.07, 6.45) is 1.96. The number of carboxylic acid groups (broad SMARTS) is 1. The fourth-order valence-electron chi connectivity index (χ4n) is 1.91. The first-order chi connectivity index (χ1) is 9.96. The van der Waals surface area contributed by atoms with Crippen LogP contribution in [0, 0.1) is 0 Å². The van der Waals surface area contributed by atoms with E-state index in [9.17, 15) is 9.59 Å². The van der Waals surface area contributed by atoms with Crippen molar-refractivity contribution in [2.75, 3.05) is 13.7 Å². The van der Waals surface area contributed by atoms with E-state index in [0.29, 0.717) is 6.54 Å². The number of aliphatic carboxylic acids is 1. The number of carbonyl (C=O) groups excluding carboxylic acids is 1. The Morgan fingerprint density at radius 1 is 1.48 bits per heavy atom. The summed E-state index contributed by atoms with van der Waals surface area (Å²) < 4.78 is 6.69. The fraction of sp³-hybridized carbons (Fsp3) is 0.615. The van der Waals surface area contributed by atoms with Crippen LogP contribution in [0.15, 0.2) is 6.20 Å². The molecule has 3 N–H and O–H groups in total. The van der Waals surface area contributed by atoms with Crippen LogP contribution in [0.1, 0.15) is 24.6 Å². The Bertz CT molecular complexity index is 487. The van der Waals surface area contributed by atoms with Crippen LogP contribution in [0.3, 0.4) is 0 Å². The van der Waals surface area contributed by atoms with E-state index in [4.69, 9.17) is 9.84 Å². The quantitative estimate of drug-likeness (QED) is 0.639. The number of nitrogens with one attached hydrogen (secondary N) is 2. The summed E-state index contributed by atoms with van der Waals surface area (Å²) in [5, 5.41) is 18.3. The number of rotatable bonds is 8. The van der Waals surface area contributed by atoms with Crippen LogP contribution in [0.25, 0.3) is 0 Å². The molecule has 21 heavy (non-hydrogen) atoms. The first kappa shape index (κ1) is 17.0. The summed E-state index contributed by atoms with van der Waals surface area (Å²) in [5.74, 6) is -0.966. The van der Waals surface area contributed by atoms with Gasteiger partial charge in [0, 0.05) is 39.0 Å². The molecule has 0 aliphatic rings. The molecule has 2 amide bonds. The summed E-state index contributed by atoms with van der Waals surface area (Å²) in [4.78, 5) is 22.3. The lowest BCUT2D eigenvalue weighted by atomic mass is 10.2. The van der Waals surface area contributed by atoms with Gasteiger partial charge in [0.1, 0.15) is 0 Å². The van der Waals surface area contributed by atoms with Gasteiger partial charge in [0.05, 0.1) is 18.2 Å². The minimum atomic E-state index is -0.966. The first-order valence-corrected chi connectivity index (χ1v) is 6.73. The zero-order valence-corrected chi connectivity index (χ0v) is 12.5. The van der Waals surface area contributed by atoms with Crippen molar-refractivity contribution >= 4 is 12.0 Å². The average Bonchev–Trinajstić information content (AvgIpc) is 2.80. The van der Waals surface area contributed by atoms with E-state index in [2.05, 4.69) is 15.7 Å². The van der Waals surface area contributed by atoms with Gasteiger partial charge in [-0.1, -0.05) is 6.92 Å². The second-order valence-electron chi connectivity index (χ2n) is 4.65. The van der Waals surface area contributed by atoms with Crippen molar-refractivity contribution in [1.82, 2.24) is 20.4 Å². The maximum absolute atomic E-state index is 11.7. The summed E-state index contributed by atoms with van der Waals surface area (Å²) in [6.45, 7) is 2.52. The third-order valence-corrected chi connectivity index (χ3v) is 2.99. The number of hydrogen-bond donors (Lipinski definition) is 3. The Hall–Kier alpha value is -2.09. The van der Waals surface area contributed by atoms with Gasteiger partial charge >= 0.3 is 12.0 Å². The maximum atomic E-state index is 11.7. The van der Waals surface area contributed by atoms with Gasteiger partial charge in [-0.2, -0.15) is 5.10 Å². The predicted molar refractivity (Wildman–Crippen MR) is 75.9 cm³/mol. The van der Waals surface area contributed by atoms with Crippen molar-refractivity contribution in [3.8, 4) is 0 Å². The highest BCUT2D eigenvalue weighted by Gasteiger charge is 2.13. The Morgan fingerprint density at radius 2 is 2.19 bits per heavy atom. The van der Waals surface area contributed by atoms with Crippen LogP contribution in [0.5, 0.6) is 0 Å². The summed E-state index contributed by atoms with van der Waals surface area (Å²) in [5.41, 5.74) is 1.91. The summed E-state index contributed by atoms with van der Waals surface area (Å²) >= 11 is 0. The van der Waals surface area contributed by atoms with E-state index < -0.39 is 12.1 Å². The molecule has 0 spiro atoms. The summed E-state index contributed by atoms with van der Waals surface area (Å²) in [7, 11) is 3.24. The van der Waals surface area contributed by atoms with Crippen molar-refractivity contribution < 1.29 is 19.4 Å². The highest BCUT2D eigenvalue weighted by Crippen LogP contribution is 2.06. The number of carboxylic acids is 1. The molecule has 118 valence electrons. The molecule has 1 heterocycles. The van der Waals surface area contributed by atoms with E-state index in [1.807, 2.05) is 20.2 Å². The molecule has 8 heteroatoms. The zero-order chi connectivity index (χ0) is 15.8. The molecule has 1 atom stereocenters. The van der Waals surface area contributed by atoms with Crippen molar-refractivity contribution in [2.24, 2.45) is 7.05 Å². The standard InChI is InChI=1S/C13H22N4O4/c1-4-11-9(8-17(2)16-11)6-14-13(20)15-7-10(21-3)5-12(18)19/h8,10H,4-7H2,1-3H3,(H,18,19)(H2,14,15,20). The monoisotopic (exact) mass is 298 g/mol. The molecule has 0 radical (unpaired) electrons. The topological polar surface area (TPSA) is 105 Å². The number of carbonyl (C=O) groups is 2. The normalized spacial score (nSPS) is 12.0. The number of methoxy groups -OCH3 is 1. The van der Waals surface area contributed by atoms with Crippen LogP contribution in [0.2, 0.25) is 0 Å². The second-order valence-corrected chi connectivity index (χ2v) is 4.65. The van der Waals surface area contributed by atoms with E-state index in [1.54, 1.807) is 4.68 Å². The predicted octanol–water partition coefficient (Wildman–Crippen LogP) is 0.271. The Kier molecular flexibility index (Phi) is 6.67. The number of amides is 2. The second kappa shape index (κ2) is 8.25. The lowest BCUT2D eigenvalue weighted by Gasteiger charge is -2.14. The SMILES string of the molecule is CCc1nn(C)cc1CNC(=O)NCC(CC(=O)O)OC. The number of aromatic nitrogens is 2. The van der Waals surface area contributed by atoms with Gasteiger partial charge in [0.25, 0.3) is 0 Å². The van der Waals surface area contributed by atoms with E-state index in [1.165, 1.54) is 7.11 Å². The fourth-order valence-corrected chi connectivity index (χ4v) is 1.91. The van der Waals surface area contributed by atoms with E-state index >= 15 is 0 Å². The highest BCUT2D eigenvalue weighted by atomic mass is 16.5. The molecule has 0 saturated heterocycles. The number of urea groups is 1. The number of ether oxygens (including phenoxy) is 1. The first-order valence-electron chi connectivity index (χ1n) is 6.73. The molecular formula is C13H22N4O4. The lowest BCUT2D eigenvalue weighted by Crippen LogP contribution is -2.40. The number of hydrogen-bond acceptors (Lipinski definition) is 4. The molecule has 1 rings (SSSR count). The van der Waals surface area contributed by atoms with Crippen LogP contribution < -0.4 is 10.6 Å². The molecule has 0 bridgehead atoms. The van der Waals surface area contributed by atoms with E-state index in [-0.39, 0.29) is 19.0 Å². The minimum Gasteiger partial charge on any atom is -0.481 e. The molecular weight excluding hydrogens is 276 g/mol. The van der Waals surface area contributed by atoms with Crippen LogP contribution in [-0.4, -0.2) is 46.6 Å². The van der Waals surface area contributed by atoms with Crippen molar-refractivity contribution in [2.45, 2.75) is 32.4 Å². The highest BCUT2D eigenvalue weighted by molar-refractivity contribution is 5.74. The molecule has 0 aliphatic heterocycles. The van der Waals surface area contributed by atoms with Gasteiger partial charge in [-0.05, 0) is 6.42 Å². The van der Waals surface area contributed by atoms with Crippen molar-refractivity contribution in [3.05, 3.63) is 17.5 Å². The summed E-state index contributed by atoms with van der Waals surface area (Å²) in [6, 6.07) is -0.367. The molecule has 0 fully saturated rings. The smallest absolute Gasteiger partial charge is 0.315 e. The molecule has 8 nitrogen and oxygen atoms in total. The number of nitrogens with zero attached hydrogens (tertiary/aromatic N) is 2. The van der Waals surface area contributed by atoms with Gasteiger partial charge in [0.2, 0.25) is 0 Å². The molecule has 0 aromatic carbocycles. The molecule has 1 aromatic heterocycles. The van der Waals surface area contributed by atoms with Crippen molar-refractivity contribution in [3.63, 3.8) is 0 Å². The zero-order valence-electron chi connectivity index (χ0n) is 12.5. The minimum absolute atomic E-state index is 0.141. The maximum Gasteiger partial charge on any atom is 0.315 e. The third-order valence-electron chi connectivity index (χ3n) is 2.99. The van der Waals surface area contributed by atoms with Gasteiger partial charge in [-0.15, -0.1) is 0 Å². The van der Waals surface area contributed by atoms with Gasteiger partial charge in [0.15, 0.2) is 0 Å². The third kappa shape index (κ3) is 5.82. The van der Waals surface area contributed by atoms with E-state index in [0.717, 1.165) is 17.7 Å². The Labute approximate surface area is 123 Å². The lowest BCUT2D eigenvalue weighted by molar-refractivity contribution is -0.139. The molecule has 0 aliphatic carbocycles. The Balaban J connectivity index is 2.38. The van der Waals surface area contributed by atoms with Crippen LogP contribution in [0.4, 0.5) is 4.79 Å². The van der Waals surface area contributed by atoms with Crippen molar-refractivity contribution in [1.29, 1.82) is 0 Å². The Morgan fingerprint density at radius 3 is 2.76 bits per heavy atom. The largest absolute Gasteiger partial charge is 0.481 e. The number of aryl methyl sites for hydroxylation is 2. The molecule has 1 aromatic rings. The van der Waals surface area contributed by atoms with Gasteiger partial charge in [-0.25, -0.2) is 4.79 Å². The average molecular weight is 298 g/mol. The van der Waals surface area contributed by atoms with Crippen LogP contribution in [-0.2, 0) is 29.5 Å². The molecule has 1 unspecified atom stereocenters. The van der Waals surface area contributed by atoms with Gasteiger partial charge < -0.3 is 20.5 Å². The van der Waals surface area contributed by atoms with Gasteiger partial charge in [-0.3, -0.25) is 9.48 Å². The van der Waals surface area contributed by atoms with Crippen LogP contribution >= 0.6 is 0 Å². The molecule has 0 saturated carbocycles.